The van der Waals surface area contributed by atoms with Crippen LogP contribution in [0.25, 0.3) is 0 Å². The predicted octanol–water partition coefficient (Wildman–Crippen LogP) is 1.38. The van der Waals surface area contributed by atoms with Gasteiger partial charge < -0.3 is 15.7 Å². The number of aliphatic hydroxyl groups is 1. The molecule has 0 amide bonds. The lowest BCUT2D eigenvalue weighted by Crippen LogP contribution is -2.36. The second-order valence-electron chi connectivity index (χ2n) is 5.34. The lowest BCUT2D eigenvalue weighted by Gasteiger charge is -2.34. The zero-order valence-electron chi connectivity index (χ0n) is 11.0. The molecule has 0 radical (unpaired) electrons. The quantitative estimate of drug-likeness (QED) is 0.476. The molecule has 6 nitrogen and oxygen atoms in total. The van der Waals surface area contributed by atoms with Crippen LogP contribution in [-0.4, -0.2) is 34.6 Å². The predicted molar refractivity (Wildman–Crippen MR) is 72.6 cm³/mol. The van der Waals surface area contributed by atoms with Gasteiger partial charge in [0.25, 0.3) is 5.69 Å². The first-order valence-electron chi connectivity index (χ1n) is 6.35. The van der Waals surface area contributed by atoms with Crippen molar-refractivity contribution in [1.29, 1.82) is 0 Å². The molecule has 0 atom stereocenters. The van der Waals surface area contributed by atoms with Crippen LogP contribution in [0, 0.1) is 16.0 Å². The summed E-state index contributed by atoms with van der Waals surface area (Å²) in [5, 5.41) is 20.1. The van der Waals surface area contributed by atoms with Gasteiger partial charge in [0.1, 0.15) is 5.69 Å². The highest BCUT2D eigenvalue weighted by Gasteiger charge is 2.27. The van der Waals surface area contributed by atoms with E-state index in [1.807, 2.05) is 13.1 Å². The van der Waals surface area contributed by atoms with Crippen molar-refractivity contribution in [3.05, 3.63) is 33.9 Å². The summed E-state index contributed by atoms with van der Waals surface area (Å²) in [5.41, 5.74) is 6.60. The SMILES string of the molecule is CN(Cc1ccc(N)c([N+](=O)[O-])c1)CC1CC(O)C1. The average Bonchev–Trinajstić information content (AvgIpc) is 2.29. The second-order valence-corrected chi connectivity index (χ2v) is 5.34. The number of hydrogen-bond donors (Lipinski definition) is 2. The van der Waals surface area contributed by atoms with Crippen LogP contribution in [0.1, 0.15) is 18.4 Å². The maximum Gasteiger partial charge on any atom is 0.292 e. The molecule has 0 saturated heterocycles. The topological polar surface area (TPSA) is 92.6 Å². The van der Waals surface area contributed by atoms with Crippen LogP contribution in [0.5, 0.6) is 0 Å². The molecule has 104 valence electrons. The lowest BCUT2D eigenvalue weighted by molar-refractivity contribution is -0.384. The van der Waals surface area contributed by atoms with Gasteiger partial charge in [-0.05, 0) is 37.4 Å². The van der Waals surface area contributed by atoms with Gasteiger partial charge in [0, 0.05) is 19.2 Å². The van der Waals surface area contributed by atoms with E-state index in [0.29, 0.717) is 12.5 Å². The summed E-state index contributed by atoms with van der Waals surface area (Å²) in [6.07, 6.45) is 1.56. The minimum absolute atomic E-state index is 0.0371. The summed E-state index contributed by atoms with van der Waals surface area (Å²) < 4.78 is 0. The fraction of sp³-hybridized carbons (Fsp3) is 0.538. The number of nitrogen functional groups attached to an aromatic ring is 1. The van der Waals surface area contributed by atoms with E-state index in [1.165, 1.54) is 6.07 Å². The molecule has 0 bridgehead atoms. The number of nitro benzene ring substituents is 1. The van der Waals surface area contributed by atoms with Crippen molar-refractivity contribution >= 4 is 11.4 Å². The van der Waals surface area contributed by atoms with Crippen LogP contribution >= 0.6 is 0 Å². The number of benzene rings is 1. The number of nitrogens with zero attached hydrogens (tertiary/aromatic N) is 2. The highest BCUT2D eigenvalue weighted by Crippen LogP contribution is 2.28. The summed E-state index contributed by atoms with van der Waals surface area (Å²) >= 11 is 0. The Morgan fingerprint density at radius 2 is 2.21 bits per heavy atom. The van der Waals surface area contributed by atoms with Gasteiger partial charge in [0.2, 0.25) is 0 Å². The van der Waals surface area contributed by atoms with Crippen LogP contribution in [0.4, 0.5) is 11.4 Å². The first-order valence-corrected chi connectivity index (χ1v) is 6.35. The molecule has 1 aromatic carbocycles. The summed E-state index contributed by atoms with van der Waals surface area (Å²) in [4.78, 5) is 12.5. The van der Waals surface area contributed by atoms with Crippen molar-refractivity contribution in [3.8, 4) is 0 Å². The maximum absolute atomic E-state index is 10.8. The fourth-order valence-corrected chi connectivity index (χ4v) is 2.51. The van der Waals surface area contributed by atoms with E-state index >= 15 is 0 Å². The van der Waals surface area contributed by atoms with Crippen LogP contribution in [-0.2, 0) is 6.54 Å². The summed E-state index contributed by atoms with van der Waals surface area (Å²) in [6, 6.07) is 4.92. The average molecular weight is 265 g/mol. The number of rotatable bonds is 5. The Morgan fingerprint density at radius 1 is 1.53 bits per heavy atom. The molecule has 6 heteroatoms. The van der Waals surface area contributed by atoms with Crippen molar-refractivity contribution in [2.45, 2.75) is 25.5 Å². The molecule has 0 unspecified atom stereocenters. The minimum atomic E-state index is -0.457. The summed E-state index contributed by atoms with van der Waals surface area (Å²) in [6.45, 7) is 1.54. The molecular formula is C13H19N3O3. The molecule has 0 aromatic heterocycles. The van der Waals surface area contributed by atoms with Crippen LogP contribution in [0.3, 0.4) is 0 Å². The van der Waals surface area contributed by atoms with Crippen LogP contribution < -0.4 is 5.73 Å². The highest BCUT2D eigenvalue weighted by molar-refractivity contribution is 5.59. The zero-order chi connectivity index (χ0) is 14.0. The molecule has 1 saturated carbocycles. The Balaban J connectivity index is 1.95. The van der Waals surface area contributed by atoms with Crippen LogP contribution in [0.2, 0.25) is 0 Å². The number of nitro groups is 1. The third kappa shape index (κ3) is 3.42. The van der Waals surface area contributed by atoms with Gasteiger partial charge in [-0.25, -0.2) is 0 Å². The number of nitrogens with two attached hydrogens (primary N) is 1. The molecule has 19 heavy (non-hydrogen) atoms. The Kier molecular flexibility index (Phi) is 4.01. The molecule has 1 aromatic rings. The lowest BCUT2D eigenvalue weighted by atomic mass is 9.82. The molecule has 0 aliphatic heterocycles. The first-order chi connectivity index (χ1) is 8.95. The largest absolute Gasteiger partial charge is 0.393 e. The normalized spacial score (nSPS) is 22.3. The minimum Gasteiger partial charge on any atom is -0.393 e. The molecule has 1 aliphatic rings. The van der Waals surface area contributed by atoms with Crippen LogP contribution in [0.15, 0.2) is 18.2 Å². The Labute approximate surface area is 112 Å². The Bertz CT molecular complexity index is 472. The number of hydrogen-bond acceptors (Lipinski definition) is 5. The van der Waals surface area contributed by atoms with E-state index in [-0.39, 0.29) is 17.5 Å². The van der Waals surface area contributed by atoms with Crippen molar-refractivity contribution in [2.75, 3.05) is 19.3 Å². The van der Waals surface area contributed by atoms with Gasteiger partial charge in [-0.15, -0.1) is 0 Å². The molecule has 0 spiro atoms. The number of anilines is 1. The van der Waals surface area contributed by atoms with Gasteiger partial charge in [-0.2, -0.15) is 0 Å². The molecule has 1 aliphatic carbocycles. The molecular weight excluding hydrogens is 246 g/mol. The van der Waals surface area contributed by atoms with E-state index in [2.05, 4.69) is 4.90 Å². The van der Waals surface area contributed by atoms with Crippen molar-refractivity contribution < 1.29 is 10.0 Å². The second kappa shape index (κ2) is 5.54. The van der Waals surface area contributed by atoms with E-state index in [9.17, 15) is 15.2 Å². The number of aliphatic hydroxyl groups excluding tert-OH is 1. The van der Waals surface area contributed by atoms with E-state index in [4.69, 9.17) is 5.73 Å². The van der Waals surface area contributed by atoms with Gasteiger partial charge in [0.05, 0.1) is 11.0 Å². The van der Waals surface area contributed by atoms with E-state index in [0.717, 1.165) is 24.9 Å². The van der Waals surface area contributed by atoms with Gasteiger partial charge in [-0.3, -0.25) is 10.1 Å². The third-order valence-corrected chi connectivity index (χ3v) is 3.52. The van der Waals surface area contributed by atoms with Crippen molar-refractivity contribution in [2.24, 2.45) is 5.92 Å². The maximum atomic E-state index is 10.8. The summed E-state index contributed by atoms with van der Waals surface area (Å²) in [7, 11) is 1.98. The summed E-state index contributed by atoms with van der Waals surface area (Å²) in [5.74, 6) is 0.531. The van der Waals surface area contributed by atoms with E-state index in [1.54, 1.807) is 6.07 Å². The monoisotopic (exact) mass is 265 g/mol. The van der Waals surface area contributed by atoms with E-state index < -0.39 is 4.92 Å². The Hall–Kier alpha value is -1.66. The zero-order valence-corrected chi connectivity index (χ0v) is 11.0. The fourth-order valence-electron chi connectivity index (χ4n) is 2.51. The Morgan fingerprint density at radius 3 is 2.79 bits per heavy atom. The van der Waals surface area contributed by atoms with Crippen molar-refractivity contribution in [3.63, 3.8) is 0 Å². The van der Waals surface area contributed by atoms with Gasteiger partial charge in [-0.1, -0.05) is 6.07 Å². The van der Waals surface area contributed by atoms with Crippen molar-refractivity contribution in [1.82, 2.24) is 4.90 Å². The third-order valence-electron chi connectivity index (χ3n) is 3.52. The molecule has 3 N–H and O–H groups in total. The standard InChI is InChI=1S/C13H19N3O3/c1-15(8-10-4-11(17)5-10)7-9-2-3-12(14)13(6-9)16(18)19/h2-3,6,10-11,17H,4-5,7-8,14H2,1H3. The smallest absolute Gasteiger partial charge is 0.292 e. The highest BCUT2D eigenvalue weighted by atomic mass is 16.6. The molecule has 1 fully saturated rings. The van der Waals surface area contributed by atoms with Gasteiger partial charge in [0.15, 0.2) is 0 Å². The molecule has 0 heterocycles. The van der Waals surface area contributed by atoms with Gasteiger partial charge >= 0.3 is 0 Å². The first kappa shape index (κ1) is 13.8. The molecule has 2 rings (SSSR count).